The highest BCUT2D eigenvalue weighted by Gasteiger charge is 2.25. The summed E-state index contributed by atoms with van der Waals surface area (Å²) in [4.78, 5) is 26.5. The molecular weight excluding hydrogens is 406 g/mol. The van der Waals surface area contributed by atoms with Gasteiger partial charge in [0.1, 0.15) is 17.1 Å². The molecule has 0 bridgehead atoms. The van der Waals surface area contributed by atoms with E-state index < -0.39 is 5.97 Å². The molecule has 0 N–H and O–H groups in total. The minimum Gasteiger partial charge on any atom is -0.465 e. The van der Waals surface area contributed by atoms with Crippen LogP contribution in [0.1, 0.15) is 57.7 Å². The van der Waals surface area contributed by atoms with Crippen LogP contribution in [0.4, 0.5) is 0 Å². The maximum atomic E-state index is 13.2. The van der Waals surface area contributed by atoms with E-state index in [9.17, 15) is 9.59 Å². The number of methoxy groups -OCH3 is 1. The molecule has 0 aliphatic carbocycles. The fourth-order valence-corrected chi connectivity index (χ4v) is 3.44. The van der Waals surface area contributed by atoms with E-state index >= 15 is 0 Å². The number of hydrogen-bond donors (Lipinski definition) is 0. The first-order valence-electron chi connectivity index (χ1n) is 9.49. The molecule has 0 atom stereocenters. The number of aryl methyl sites for hydroxylation is 1. The Morgan fingerprint density at radius 3 is 2.50 bits per heavy atom. The number of aromatic nitrogens is 2. The van der Waals surface area contributed by atoms with Crippen LogP contribution < -0.4 is 0 Å². The van der Waals surface area contributed by atoms with Crippen LogP contribution in [-0.2, 0) is 11.3 Å². The number of carbonyl (C=O) groups excluding carboxylic acids is 2. The largest absolute Gasteiger partial charge is 0.465 e. The molecular formula is C22H24ClN3O4. The average Bonchev–Trinajstić information content (AvgIpc) is 3.31. The Morgan fingerprint density at radius 1 is 1.23 bits per heavy atom. The molecule has 0 saturated carbocycles. The summed E-state index contributed by atoms with van der Waals surface area (Å²) in [5, 5.41) is 5.07. The number of ether oxygens (including phenoxy) is 1. The van der Waals surface area contributed by atoms with Crippen LogP contribution in [0.3, 0.4) is 0 Å². The van der Waals surface area contributed by atoms with Gasteiger partial charge < -0.3 is 14.1 Å². The normalized spacial score (nSPS) is 11.0. The topological polar surface area (TPSA) is 77.6 Å². The highest BCUT2D eigenvalue weighted by molar-refractivity contribution is 6.30. The number of nitrogens with zero attached hydrogens (tertiary/aromatic N) is 3. The first-order valence-corrected chi connectivity index (χ1v) is 9.87. The van der Waals surface area contributed by atoms with Crippen LogP contribution in [0.2, 0.25) is 5.02 Å². The third-order valence-corrected chi connectivity index (χ3v) is 5.02. The highest BCUT2D eigenvalue weighted by atomic mass is 35.5. The Balaban J connectivity index is 1.87. The van der Waals surface area contributed by atoms with Crippen molar-refractivity contribution >= 4 is 23.5 Å². The predicted molar refractivity (Wildman–Crippen MR) is 113 cm³/mol. The Labute approximate surface area is 180 Å². The van der Waals surface area contributed by atoms with Gasteiger partial charge in [-0.1, -0.05) is 25.4 Å². The predicted octanol–water partition coefficient (Wildman–Crippen LogP) is 4.61. The van der Waals surface area contributed by atoms with Crippen molar-refractivity contribution in [2.45, 2.75) is 33.2 Å². The van der Waals surface area contributed by atoms with Crippen molar-refractivity contribution in [1.29, 1.82) is 0 Å². The van der Waals surface area contributed by atoms with E-state index in [0.29, 0.717) is 27.7 Å². The molecule has 2 aromatic heterocycles. The highest BCUT2D eigenvalue weighted by Crippen LogP contribution is 2.25. The van der Waals surface area contributed by atoms with Gasteiger partial charge in [0, 0.05) is 12.1 Å². The molecule has 3 rings (SSSR count). The first-order chi connectivity index (χ1) is 14.2. The van der Waals surface area contributed by atoms with Gasteiger partial charge in [0.2, 0.25) is 0 Å². The van der Waals surface area contributed by atoms with Crippen molar-refractivity contribution in [1.82, 2.24) is 14.7 Å². The Kier molecular flexibility index (Phi) is 6.31. The number of furan rings is 1. The second kappa shape index (κ2) is 8.75. The first kappa shape index (κ1) is 21.6. The summed E-state index contributed by atoms with van der Waals surface area (Å²) in [7, 11) is 3.00. The lowest BCUT2D eigenvalue weighted by Crippen LogP contribution is -2.27. The van der Waals surface area contributed by atoms with E-state index in [1.54, 1.807) is 43.0 Å². The summed E-state index contributed by atoms with van der Waals surface area (Å²) >= 11 is 5.99. The third-order valence-electron chi connectivity index (χ3n) is 4.77. The van der Waals surface area contributed by atoms with Crippen molar-refractivity contribution in [3.8, 4) is 5.69 Å². The summed E-state index contributed by atoms with van der Waals surface area (Å²) < 4.78 is 12.1. The van der Waals surface area contributed by atoms with E-state index in [1.807, 2.05) is 26.0 Å². The lowest BCUT2D eigenvalue weighted by Gasteiger charge is -2.18. The number of carbonyl (C=O) groups is 2. The summed E-state index contributed by atoms with van der Waals surface area (Å²) in [6, 6.07) is 8.90. The molecule has 2 heterocycles. The van der Waals surface area contributed by atoms with E-state index in [-0.39, 0.29) is 18.4 Å². The number of rotatable bonds is 6. The van der Waals surface area contributed by atoms with Crippen molar-refractivity contribution in [3.63, 3.8) is 0 Å². The fraction of sp³-hybridized carbons (Fsp3) is 0.318. The maximum absolute atomic E-state index is 13.2. The van der Waals surface area contributed by atoms with Crippen molar-refractivity contribution in [3.05, 3.63) is 69.9 Å². The van der Waals surface area contributed by atoms with Gasteiger partial charge in [0.05, 0.1) is 36.8 Å². The Hall–Kier alpha value is -3.06. The lowest BCUT2D eigenvalue weighted by atomic mass is 10.0. The number of amides is 1. The summed E-state index contributed by atoms with van der Waals surface area (Å²) in [5.41, 5.74) is 2.50. The molecule has 1 amide bonds. The molecule has 0 fully saturated rings. The van der Waals surface area contributed by atoms with Crippen LogP contribution in [0.25, 0.3) is 5.69 Å². The molecule has 0 unspecified atom stereocenters. The molecule has 0 spiro atoms. The van der Waals surface area contributed by atoms with Gasteiger partial charge >= 0.3 is 5.97 Å². The standard InChI is InChI=1S/C22H24ClN3O4/c1-13(2)20-19(11-24-26(20)16-8-6-15(23)7-9-16)21(27)25(4)12-17-10-18(14(3)30-17)22(28)29-5/h6-11,13H,12H2,1-5H3. The van der Waals surface area contributed by atoms with E-state index in [0.717, 1.165) is 11.4 Å². The third kappa shape index (κ3) is 4.26. The van der Waals surface area contributed by atoms with E-state index in [1.165, 1.54) is 12.0 Å². The van der Waals surface area contributed by atoms with Crippen LogP contribution >= 0.6 is 11.6 Å². The lowest BCUT2D eigenvalue weighted by molar-refractivity contribution is 0.0598. The quantitative estimate of drug-likeness (QED) is 0.535. The maximum Gasteiger partial charge on any atom is 0.341 e. The zero-order valence-electron chi connectivity index (χ0n) is 17.6. The number of hydrogen-bond acceptors (Lipinski definition) is 5. The fourth-order valence-electron chi connectivity index (χ4n) is 3.31. The van der Waals surface area contributed by atoms with Gasteiger partial charge in [-0.15, -0.1) is 0 Å². The van der Waals surface area contributed by atoms with Gasteiger partial charge in [-0.3, -0.25) is 4.79 Å². The molecule has 8 heteroatoms. The molecule has 30 heavy (non-hydrogen) atoms. The van der Waals surface area contributed by atoms with Crippen molar-refractivity contribution < 1.29 is 18.7 Å². The molecule has 0 saturated heterocycles. The molecule has 0 aliphatic rings. The van der Waals surface area contributed by atoms with Crippen LogP contribution in [0.15, 0.2) is 40.9 Å². The van der Waals surface area contributed by atoms with E-state index in [2.05, 4.69) is 5.10 Å². The molecule has 7 nitrogen and oxygen atoms in total. The monoisotopic (exact) mass is 429 g/mol. The Bertz CT molecular complexity index is 1070. The smallest absolute Gasteiger partial charge is 0.341 e. The number of esters is 1. The second-order valence-corrected chi connectivity index (χ2v) is 7.76. The van der Waals surface area contributed by atoms with Gasteiger partial charge in [-0.25, -0.2) is 9.48 Å². The summed E-state index contributed by atoms with van der Waals surface area (Å²) in [6.07, 6.45) is 1.58. The van der Waals surface area contributed by atoms with Crippen LogP contribution in [0, 0.1) is 6.92 Å². The molecule has 0 aliphatic heterocycles. The molecule has 158 valence electrons. The molecule has 3 aromatic rings. The Morgan fingerprint density at radius 2 is 1.90 bits per heavy atom. The summed E-state index contributed by atoms with van der Waals surface area (Å²) in [6.45, 7) is 5.92. The van der Waals surface area contributed by atoms with E-state index in [4.69, 9.17) is 20.8 Å². The molecule has 1 aromatic carbocycles. The van der Waals surface area contributed by atoms with Crippen LogP contribution in [0.5, 0.6) is 0 Å². The molecule has 0 radical (unpaired) electrons. The SMILES string of the molecule is COC(=O)c1cc(CN(C)C(=O)c2cnn(-c3ccc(Cl)cc3)c2C(C)C)oc1C. The van der Waals surface area contributed by atoms with Crippen LogP contribution in [-0.4, -0.2) is 40.7 Å². The zero-order chi connectivity index (χ0) is 22.0. The average molecular weight is 430 g/mol. The minimum absolute atomic E-state index is 0.0623. The number of benzene rings is 1. The summed E-state index contributed by atoms with van der Waals surface area (Å²) in [5.74, 6) is 0.360. The second-order valence-electron chi connectivity index (χ2n) is 7.32. The van der Waals surface area contributed by atoms with Crippen molar-refractivity contribution in [2.75, 3.05) is 14.2 Å². The number of halogens is 1. The van der Waals surface area contributed by atoms with Gasteiger partial charge in [-0.05, 0) is 43.2 Å². The van der Waals surface area contributed by atoms with Gasteiger partial charge in [-0.2, -0.15) is 5.10 Å². The zero-order valence-corrected chi connectivity index (χ0v) is 18.4. The van der Waals surface area contributed by atoms with Gasteiger partial charge in [0.25, 0.3) is 5.91 Å². The van der Waals surface area contributed by atoms with Gasteiger partial charge in [0.15, 0.2) is 0 Å². The van der Waals surface area contributed by atoms with Crippen molar-refractivity contribution in [2.24, 2.45) is 0 Å². The minimum atomic E-state index is -0.470.